The molecule has 1 rings (SSSR count). The number of likely N-dealkylation sites (tertiary alicyclic amines) is 1. The van der Waals surface area contributed by atoms with Gasteiger partial charge in [-0.05, 0) is 6.42 Å². The molecule has 1 heterocycles. The molecule has 0 saturated carbocycles. The normalized spacial score (nSPS) is 24.3. The number of ether oxygens (including phenoxy) is 1. The van der Waals surface area contributed by atoms with Crippen LogP contribution in [0.2, 0.25) is 0 Å². The predicted octanol–water partition coefficient (Wildman–Crippen LogP) is -0.798. The van der Waals surface area contributed by atoms with Crippen molar-refractivity contribution < 1.29 is 29.3 Å². The number of methoxy groups -OCH3 is 1. The van der Waals surface area contributed by atoms with Crippen LogP contribution in [0.1, 0.15) is 6.42 Å². The van der Waals surface area contributed by atoms with Crippen molar-refractivity contribution in [3.8, 4) is 0 Å². The molecule has 0 spiro atoms. The van der Waals surface area contributed by atoms with E-state index in [4.69, 9.17) is 10.2 Å². The third kappa shape index (κ3) is 4.21. The first-order valence-corrected chi connectivity index (χ1v) is 5.43. The number of amides is 1. The lowest BCUT2D eigenvalue weighted by Crippen LogP contribution is -2.53. The van der Waals surface area contributed by atoms with Crippen molar-refractivity contribution in [1.82, 2.24) is 10.2 Å². The van der Waals surface area contributed by atoms with Gasteiger partial charge in [-0.2, -0.15) is 0 Å². The van der Waals surface area contributed by atoms with Gasteiger partial charge in [0.05, 0.1) is 19.6 Å². The second kappa shape index (κ2) is 6.20. The maximum absolute atomic E-state index is 11.1. The van der Waals surface area contributed by atoms with Gasteiger partial charge in [-0.1, -0.05) is 0 Å². The van der Waals surface area contributed by atoms with E-state index in [1.165, 1.54) is 12.0 Å². The molecule has 1 fully saturated rings. The molecule has 0 bridgehead atoms. The molecule has 1 saturated heterocycles. The highest BCUT2D eigenvalue weighted by Gasteiger charge is 2.33. The highest BCUT2D eigenvalue weighted by Crippen LogP contribution is 2.17. The van der Waals surface area contributed by atoms with Crippen LogP contribution in [-0.2, 0) is 14.3 Å². The summed E-state index contributed by atoms with van der Waals surface area (Å²) >= 11 is 0. The Morgan fingerprint density at radius 3 is 2.50 bits per heavy atom. The minimum absolute atomic E-state index is 0.168. The van der Waals surface area contributed by atoms with Crippen molar-refractivity contribution >= 4 is 18.0 Å². The van der Waals surface area contributed by atoms with Gasteiger partial charge in [0.1, 0.15) is 0 Å². The van der Waals surface area contributed by atoms with Crippen LogP contribution in [0.4, 0.5) is 4.79 Å². The number of rotatable bonds is 4. The zero-order valence-corrected chi connectivity index (χ0v) is 9.96. The van der Waals surface area contributed by atoms with Crippen molar-refractivity contribution in [2.45, 2.75) is 12.5 Å². The molecule has 2 unspecified atom stereocenters. The average Bonchev–Trinajstić information content (AvgIpc) is 2.27. The first-order chi connectivity index (χ1) is 8.42. The van der Waals surface area contributed by atoms with Crippen LogP contribution in [-0.4, -0.2) is 65.9 Å². The molecule has 102 valence electrons. The van der Waals surface area contributed by atoms with E-state index in [1.54, 1.807) is 0 Å². The van der Waals surface area contributed by atoms with Crippen molar-refractivity contribution in [3.63, 3.8) is 0 Å². The number of alkyl carbamates (subject to hydrolysis) is 1. The smallest absolute Gasteiger partial charge is 0.407 e. The maximum Gasteiger partial charge on any atom is 0.407 e. The largest absolute Gasteiger partial charge is 0.481 e. The fourth-order valence-corrected chi connectivity index (χ4v) is 2.02. The zero-order valence-electron chi connectivity index (χ0n) is 9.96. The molecule has 0 aliphatic carbocycles. The van der Waals surface area contributed by atoms with E-state index in [1.807, 2.05) is 0 Å². The third-order valence-corrected chi connectivity index (χ3v) is 2.74. The van der Waals surface area contributed by atoms with E-state index >= 15 is 0 Å². The molecule has 2 atom stereocenters. The Balaban J connectivity index is 2.64. The zero-order chi connectivity index (χ0) is 13.7. The SMILES string of the molecule is COC(=O)NC1CC(C(=O)O)CN(CC(=O)O)C1. The lowest BCUT2D eigenvalue weighted by molar-refractivity contribution is -0.146. The van der Waals surface area contributed by atoms with Crippen LogP contribution in [0.5, 0.6) is 0 Å². The number of aliphatic carboxylic acids is 2. The summed E-state index contributed by atoms with van der Waals surface area (Å²) in [5.74, 6) is -2.72. The van der Waals surface area contributed by atoms with Crippen LogP contribution >= 0.6 is 0 Å². The van der Waals surface area contributed by atoms with Crippen LogP contribution in [0.25, 0.3) is 0 Å². The molecule has 1 aliphatic rings. The van der Waals surface area contributed by atoms with E-state index in [0.29, 0.717) is 6.54 Å². The molecule has 18 heavy (non-hydrogen) atoms. The maximum atomic E-state index is 11.1. The van der Waals surface area contributed by atoms with Crippen LogP contribution in [0.3, 0.4) is 0 Å². The van der Waals surface area contributed by atoms with Crippen molar-refractivity contribution in [2.75, 3.05) is 26.7 Å². The molecule has 3 N–H and O–H groups in total. The molecule has 1 amide bonds. The summed E-state index contributed by atoms with van der Waals surface area (Å²) in [6, 6.07) is -0.424. The van der Waals surface area contributed by atoms with Gasteiger partial charge in [0.25, 0.3) is 0 Å². The Kier molecular flexibility index (Phi) is 4.90. The number of hydrogen-bond acceptors (Lipinski definition) is 5. The number of carboxylic acids is 2. The van der Waals surface area contributed by atoms with Gasteiger partial charge in [0.15, 0.2) is 0 Å². The lowest BCUT2D eigenvalue weighted by atomic mass is 9.94. The van der Waals surface area contributed by atoms with Crippen molar-refractivity contribution in [3.05, 3.63) is 0 Å². The summed E-state index contributed by atoms with van der Waals surface area (Å²) in [4.78, 5) is 34.2. The van der Waals surface area contributed by atoms with Crippen LogP contribution in [0.15, 0.2) is 0 Å². The minimum atomic E-state index is -1.03. The second-order valence-electron chi connectivity index (χ2n) is 4.19. The van der Waals surface area contributed by atoms with E-state index in [0.717, 1.165) is 0 Å². The van der Waals surface area contributed by atoms with Gasteiger partial charge in [-0.25, -0.2) is 4.79 Å². The Morgan fingerprint density at radius 1 is 1.33 bits per heavy atom. The number of carbonyl (C=O) groups is 3. The van der Waals surface area contributed by atoms with E-state index < -0.39 is 30.0 Å². The Hall–Kier alpha value is -1.83. The van der Waals surface area contributed by atoms with E-state index in [-0.39, 0.29) is 19.5 Å². The first-order valence-electron chi connectivity index (χ1n) is 5.43. The fraction of sp³-hybridized carbons (Fsp3) is 0.700. The topological polar surface area (TPSA) is 116 Å². The number of carbonyl (C=O) groups excluding carboxylic acids is 1. The minimum Gasteiger partial charge on any atom is -0.481 e. The van der Waals surface area contributed by atoms with Crippen LogP contribution in [0, 0.1) is 5.92 Å². The average molecular weight is 260 g/mol. The first kappa shape index (κ1) is 14.2. The van der Waals surface area contributed by atoms with E-state index in [9.17, 15) is 14.4 Å². The Labute approximate surface area is 104 Å². The highest BCUT2D eigenvalue weighted by molar-refractivity contribution is 5.72. The molecule has 0 aromatic carbocycles. The molecule has 8 heteroatoms. The third-order valence-electron chi connectivity index (χ3n) is 2.74. The number of hydrogen-bond donors (Lipinski definition) is 3. The Bertz CT molecular complexity index is 345. The van der Waals surface area contributed by atoms with Gasteiger partial charge in [0, 0.05) is 19.1 Å². The van der Waals surface area contributed by atoms with Gasteiger partial charge >= 0.3 is 18.0 Å². The molecule has 1 aliphatic heterocycles. The summed E-state index contributed by atoms with van der Waals surface area (Å²) in [6.07, 6.45) is -0.387. The van der Waals surface area contributed by atoms with Gasteiger partial charge < -0.3 is 20.3 Å². The van der Waals surface area contributed by atoms with Gasteiger partial charge in [-0.15, -0.1) is 0 Å². The number of carboxylic acid groups (broad SMARTS) is 2. The molecule has 0 aromatic heterocycles. The van der Waals surface area contributed by atoms with Crippen molar-refractivity contribution in [2.24, 2.45) is 5.92 Å². The number of nitrogens with one attached hydrogen (secondary N) is 1. The van der Waals surface area contributed by atoms with E-state index in [2.05, 4.69) is 10.1 Å². The standard InChI is InChI=1S/C10H16N2O6/c1-18-10(17)11-7-2-6(9(15)16)3-12(4-7)5-8(13)14/h6-7H,2-5H2,1H3,(H,11,17)(H,13,14)(H,15,16). The predicted molar refractivity (Wildman–Crippen MR) is 59.1 cm³/mol. The monoisotopic (exact) mass is 260 g/mol. The molecular formula is C10H16N2O6. The number of nitrogens with zero attached hydrogens (tertiary/aromatic N) is 1. The molecule has 8 nitrogen and oxygen atoms in total. The Morgan fingerprint density at radius 2 is 2.00 bits per heavy atom. The second-order valence-corrected chi connectivity index (χ2v) is 4.19. The summed E-state index contributed by atoms with van der Waals surface area (Å²) in [5, 5.41) is 20.2. The molecule has 0 aromatic rings. The van der Waals surface area contributed by atoms with Crippen LogP contribution < -0.4 is 5.32 Å². The summed E-state index contributed by atoms with van der Waals surface area (Å²) in [7, 11) is 1.21. The van der Waals surface area contributed by atoms with Gasteiger partial charge in [0.2, 0.25) is 0 Å². The fourth-order valence-electron chi connectivity index (χ4n) is 2.02. The highest BCUT2D eigenvalue weighted by atomic mass is 16.5. The quantitative estimate of drug-likeness (QED) is 0.606. The van der Waals surface area contributed by atoms with Crippen molar-refractivity contribution in [1.29, 1.82) is 0 Å². The summed E-state index contributed by atoms with van der Waals surface area (Å²) < 4.78 is 4.43. The van der Waals surface area contributed by atoms with Gasteiger partial charge in [-0.3, -0.25) is 14.5 Å². The summed E-state index contributed by atoms with van der Waals surface area (Å²) in [6.45, 7) is 0.218. The summed E-state index contributed by atoms with van der Waals surface area (Å²) in [5.41, 5.74) is 0. The molecular weight excluding hydrogens is 244 g/mol. The molecule has 0 radical (unpaired) electrons. The number of piperidine rings is 1. The lowest BCUT2D eigenvalue weighted by Gasteiger charge is -2.35.